The van der Waals surface area contributed by atoms with Crippen molar-refractivity contribution in [3.05, 3.63) is 41.7 Å². The Balaban J connectivity index is 0.00000225. The van der Waals surface area contributed by atoms with Crippen molar-refractivity contribution in [1.82, 2.24) is 25.0 Å². The Labute approximate surface area is 170 Å². The molecule has 1 aromatic carbocycles. The number of hydrogen-bond donors (Lipinski definition) is 1. The highest BCUT2D eigenvalue weighted by molar-refractivity contribution is 5.90. The highest BCUT2D eigenvalue weighted by atomic mass is 35.5. The minimum atomic E-state index is -0.336. The van der Waals surface area contributed by atoms with Crippen molar-refractivity contribution in [1.29, 1.82) is 0 Å². The Morgan fingerprint density at radius 1 is 1.25 bits per heavy atom. The van der Waals surface area contributed by atoms with E-state index in [9.17, 15) is 9.18 Å². The minimum absolute atomic E-state index is 0. The van der Waals surface area contributed by atoms with Crippen LogP contribution in [-0.2, 0) is 0 Å². The number of hydrogen-bond acceptors (Lipinski definition) is 4. The molecule has 2 fully saturated rings. The molecule has 2 aromatic rings. The third-order valence-electron chi connectivity index (χ3n) is 5.84. The number of aromatic nitrogens is 3. The Bertz CT molecular complexity index is 837. The van der Waals surface area contributed by atoms with Crippen LogP contribution in [0.1, 0.15) is 55.5 Å². The zero-order valence-electron chi connectivity index (χ0n) is 16.3. The van der Waals surface area contributed by atoms with E-state index in [1.165, 1.54) is 18.6 Å². The highest BCUT2D eigenvalue weighted by Gasteiger charge is 2.38. The van der Waals surface area contributed by atoms with E-state index in [4.69, 9.17) is 0 Å². The van der Waals surface area contributed by atoms with E-state index >= 15 is 0 Å². The molecule has 1 N–H and O–H groups in total. The fourth-order valence-corrected chi connectivity index (χ4v) is 4.13. The molecule has 6 nitrogen and oxygen atoms in total. The van der Waals surface area contributed by atoms with Gasteiger partial charge in [0.15, 0.2) is 0 Å². The van der Waals surface area contributed by atoms with Gasteiger partial charge in [-0.3, -0.25) is 4.79 Å². The van der Waals surface area contributed by atoms with E-state index in [-0.39, 0.29) is 35.9 Å². The standard InChI is InChI=1S/C20H26FN5O.ClH/c1-14(2)18-23-17(24-26(18)16-5-3-4-15(21)12-16)19(27)25-10-7-20(8-11-25)6-9-22-13-20;/h3-5,12,14,22H,6-11,13H2,1-2H3;1H. The van der Waals surface area contributed by atoms with Crippen molar-refractivity contribution < 1.29 is 9.18 Å². The molecule has 28 heavy (non-hydrogen) atoms. The van der Waals surface area contributed by atoms with Crippen LogP contribution in [0.5, 0.6) is 0 Å². The first-order chi connectivity index (χ1) is 13.0. The van der Waals surface area contributed by atoms with Gasteiger partial charge in [0.25, 0.3) is 5.91 Å². The average Bonchev–Trinajstić information content (AvgIpc) is 3.29. The summed E-state index contributed by atoms with van der Waals surface area (Å²) in [5, 5.41) is 7.88. The van der Waals surface area contributed by atoms with Crippen molar-refractivity contribution in [2.75, 3.05) is 26.2 Å². The molecule has 1 aromatic heterocycles. The van der Waals surface area contributed by atoms with Gasteiger partial charge in [0, 0.05) is 25.6 Å². The second kappa shape index (κ2) is 8.17. The number of rotatable bonds is 3. The lowest BCUT2D eigenvalue weighted by molar-refractivity contribution is 0.0596. The van der Waals surface area contributed by atoms with Gasteiger partial charge in [0.1, 0.15) is 11.6 Å². The molecule has 2 saturated heterocycles. The first-order valence-electron chi connectivity index (χ1n) is 9.70. The second-order valence-electron chi connectivity index (χ2n) is 8.06. The highest BCUT2D eigenvalue weighted by Crippen LogP contribution is 2.37. The molecule has 3 heterocycles. The number of carbonyl (C=O) groups is 1. The quantitative estimate of drug-likeness (QED) is 0.848. The first kappa shape index (κ1) is 20.7. The van der Waals surface area contributed by atoms with E-state index in [2.05, 4.69) is 15.4 Å². The van der Waals surface area contributed by atoms with Crippen molar-refractivity contribution in [2.45, 2.75) is 39.0 Å². The van der Waals surface area contributed by atoms with Crippen LogP contribution in [0.4, 0.5) is 4.39 Å². The summed E-state index contributed by atoms with van der Waals surface area (Å²) in [4.78, 5) is 19.4. The van der Waals surface area contributed by atoms with Gasteiger partial charge in [0.2, 0.25) is 5.82 Å². The van der Waals surface area contributed by atoms with Crippen LogP contribution in [-0.4, -0.2) is 51.8 Å². The maximum atomic E-state index is 13.6. The van der Waals surface area contributed by atoms with Gasteiger partial charge in [0.05, 0.1) is 5.69 Å². The second-order valence-corrected chi connectivity index (χ2v) is 8.06. The Morgan fingerprint density at radius 2 is 2.00 bits per heavy atom. The number of carbonyl (C=O) groups excluding carboxylic acids is 1. The van der Waals surface area contributed by atoms with Crippen LogP contribution in [0.25, 0.3) is 5.69 Å². The maximum Gasteiger partial charge on any atom is 0.293 e. The van der Waals surface area contributed by atoms with Crippen LogP contribution in [0.15, 0.2) is 24.3 Å². The Hall–Kier alpha value is -1.99. The molecule has 2 aliphatic rings. The summed E-state index contributed by atoms with van der Waals surface area (Å²) in [6.45, 7) is 7.60. The van der Waals surface area contributed by atoms with Crippen molar-refractivity contribution in [3.8, 4) is 5.69 Å². The number of piperidine rings is 1. The fourth-order valence-electron chi connectivity index (χ4n) is 4.13. The molecule has 4 rings (SSSR count). The molecular weight excluding hydrogens is 381 g/mol. The molecule has 2 aliphatic heterocycles. The number of nitrogens with one attached hydrogen (secondary N) is 1. The van der Waals surface area contributed by atoms with E-state index in [0.717, 1.165) is 39.0 Å². The topological polar surface area (TPSA) is 63.1 Å². The molecule has 0 saturated carbocycles. The molecular formula is C20H27ClFN5O. The predicted molar refractivity (Wildman–Crippen MR) is 108 cm³/mol. The molecule has 1 spiro atoms. The van der Waals surface area contributed by atoms with Crippen LogP contribution < -0.4 is 5.32 Å². The Kier molecular flexibility index (Phi) is 6.05. The first-order valence-corrected chi connectivity index (χ1v) is 9.70. The SMILES string of the molecule is CC(C)c1nc(C(=O)N2CCC3(CCNC3)CC2)nn1-c1cccc(F)c1.Cl. The third kappa shape index (κ3) is 3.91. The zero-order valence-corrected chi connectivity index (χ0v) is 17.1. The molecule has 1 amide bonds. The third-order valence-corrected chi connectivity index (χ3v) is 5.84. The summed E-state index contributed by atoms with van der Waals surface area (Å²) in [5.41, 5.74) is 0.939. The summed E-state index contributed by atoms with van der Waals surface area (Å²) in [5.74, 6) is 0.460. The smallest absolute Gasteiger partial charge is 0.293 e. The van der Waals surface area contributed by atoms with E-state index in [0.29, 0.717) is 16.9 Å². The average molecular weight is 408 g/mol. The molecule has 8 heteroatoms. The lowest BCUT2D eigenvalue weighted by Crippen LogP contribution is -2.44. The van der Waals surface area contributed by atoms with Gasteiger partial charge in [-0.1, -0.05) is 19.9 Å². The molecule has 0 atom stereocenters. The van der Waals surface area contributed by atoms with Gasteiger partial charge in [-0.05, 0) is 49.4 Å². The van der Waals surface area contributed by atoms with Crippen LogP contribution in [0.2, 0.25) is 0 Å². The number of halogens is 2. The number of likely N-dealkylation sites (tertiary alicyclic amines) is 1. The van der Waals surface area contributed by atoms with Gasteiger partial charge >= 0.3 is 0 Å². The fraction of sp³-hybridized carbons (Fsp3) is 0.550. The number of nitrogens with zero attached hydrogens (tertiary/aromatic N) is 4. The zero-order chi connectivity index (χ0) is 19.0. The van der Waals surface area contributed by atoms with E-state index < -0.39 is 0 Å². The summed E-state index contributed by atoms with van der Waals surface area (Å²) in [6, 6.07) is 6.21. The molecule has 0 bridgehead atoms. The molecule has 0 radical (unpaired) electrons. The largest absolute Gasteiger partial charge is 0.336 e. The van der Waals surface area contributed by atoms with Gasteiger partial charge in [-0.15, -0.1) is 17.5 Å². The summed E-state index contributed by atoms with van der Waals surface area (Å²) >= 11 is 0. The van der Waals surface area contributed by atoms with Gasteiger partial charge in [-0.25, -0.2) is 14.1 Å². The monoisotopic (exact) mass is 407 g/mol. The normalized spacial score (nSPS) is 18.5. The lowest BCUT2D eigenvalue weighted by Gasteiger charge is -2.38. The van der Waals surface area contributed by atoms with E-state index in [1.54, 1.807) is 16.8 Å². The van der Waals surface area contributed by atoms with Crippen molar-refractivity contribution >= 4 is 18.3 Å². The number of benzene rings is 1. The lowest BCUT2D eigenvalue weighted by atomic mass is 9.78. The molecule has 152 valence electrons. The maximum absolute atomic E-state index is 13.6. The van der Waals surface area contributed by atoms with Crippen molar-refractivity contribution in [2.24, 2.45) is 5.41 Å². The van der Waals surface area contributed by atoms with Crippen LogP contribution >= 0.6 is 12.4 Å². The molecule has 0 unspecified atom stereocenters. The minimum Gasteiger partial charge on any atom is -0.336 e. The Morgan fingerprint density at radius 3 is 2.61 bits per heavy atom. The predicted octanol–water partition coefficient (Wildman–Crippen LogP) is 3.17. The van der Waals surface area contributed by atoms with Crippen molar-refractivity contribution in [3.63, 3.8) is 0 Å². The summed E-state index contributed by atoms with van der Waals surface area (Å²) in [6.07, 6.45) is 3.24. The van der Waals surface area contributed by atoms with Crippen LogP contribution in [0, 0.1) is 11.2 Å². The molecule has 0 aliphatic carbocycles. The van der Waals surface area contributed by atoms with Gasteiger partial charge in [-0.2, -0.15) is 0 Å². The number of amides is 1. The van der Waals surface area contributed by atoms with Gasteiger partial charge < -0.3 is 10.2 Å². The van der Waals surface area contributed by atoms with E-state index in [1.807, 2.05) is 18.7 Å². The van der Waals surface area contributed by atoms with Crippen LogP contribution in [0.3, 0.4) is 0 Å². The summed E-state index contributed by atoms with van der Waals surface area (Å²) in [7, 11) is 0. The summed E-state index contributed by atoms with van der Waals surface area (Å²) < 4.78 is 15.2.